The molecular formula is C14H20O5S. The molecule has 1 rings (SSSR count). The SMILES string of the molecule is CCCC(=O)Oc1ccccc1CCCOS(C)(=O)=O. The summed E-state index contributed by atoms with van der Waals surface area (Å²) in [6, 6.07) is 7.24. The van der Waals surface area contributed by atoms with Crippen LogP contribution in [0.1, 0.15) is 31.7 Å². The number of esters is 1. The fourth-order valence-electron chi connectivity index (χ4n) is 1.66. The minimum atomic E-state index is -3.40. The van der Waals surface area contributed by atoms with Crippen molar-refractivity contribution in [1.82, 2.24) is 0 Å². The highest BCUT2D eigenvalue weighted by atomic mass is 32.2. The maximum absolute atomic E-state index is 11.5. The molecule has 6 heteroatoms. The average molecular weight is 300 g/mol. The van der Waals surface area contributed by atoms with Crippen LogP contribution in [0.4, 0.5) is 0 Å². The highest BCUT2D eigenvalue weighted by Gasteiger charge is 2.08. The van der Waals surface area contributed by atoms with Gasteiger partial charge in [0.25, 0.3) is 10.1 Å². The Kier molecular flexibility index (Phi) is 6.67. The molecule has 20 heavy (non-hydrogen) atoms. The van der Waals surface area contributed by atoms with Gasteiger partial charge in [0.2, 0.25) is 0 Å². The van der Waals surface area contributed by atoms with E-state index in [2.05, 4.69) is 4.18 Å². The summed E-state index contributed by atoms with van der Waals surface area (Å²) in [5, 5.41) is 0. The van der Waals surface area contributed by atoms with Gasteiger partial charge < -0.3 is 4.74 Å². The molecule has 0 bridgehead atoms. The van der Waals surface area contributed by atoms with Gasteiger partial charge in [0.15, 0.2) is 0 Å². The molecule has 0 spiro atoms. The van der Waals surface area contributed by atoms with Crippen molar-refractivity contribution < 1.29 is 22.1 Å². The normalized spacial score (nSPS) is 11.3. The molecule has 1 aromatic rings. The third kappa shape index (κ3) is 6.68. The van der Waals surface area contributed by atoms with Crippen LogP contribution in [0.3, 0.4) is 0 Å². The maximum Gasteiger partial charge on any atom is 0.311 e. The molecule has 0 atom stereocenters. The third-order valence-electron chi connectivity index (χ3n) is 2.54. The zero-order chi connectivity index (χ0) is 15.0. The monoisotopic (exact) mass is 300 g/mol. The molecule has 0 N–H and O–H groups in total. The van der Waals surface area contributed by atoms with Gasteiger partial charge in [0.05, 0.1) is 12.9 Å². The second-order valence-electron chi connectivity index (χ2n) is 4.46. The number of carbonyl (C=O) groups excluding carboxylic acids is 1. The summed E-state index contributed by atoms with van der Waals surface area (Å²) in [6.07, 6.45) is 3.27. The fraction of sp³-hybridized carbons (Fsp3) is 0.500. The lowest BCUT2D eigenvalue weighted by Gasteiger charge is -2.09. The highest BCUT2D eigenvalue weighted by molar-refractivity contribution is 7.85. The van der Waals surface area contributed by atoms with E-state index in [0.29, 0.717) is 25.0 Å². The number of hydrogen-bond acceptors (Lipinski definition) is 5. The van der Waals surface area contributed by atoms with Gasteiger partial charge in [-0.15, -0.1) is 0 Å². The standard InChI is InChI=1S/C14H20O5S/c1-3-7-14(15)19-13-10-5-4-8-12(13)9-6-11-18-20(2,16)17/h4-5,8,10H,3,6-7,9,11H2,1-2H3. The summed E-state index contributed by atoms with van der Waals surface area (Å²) in [7, 11) is -3.40. The molecule has 0 fully saturated rings. The first kappa shape index (κ1) is 16.7. The van der Waals surface area contributed by atoms with E-state index in [4.69, 9.17) is 4.74 Å². The zero-order valence-corrected chi connectivity index (χ0v) is 12.6. The Hall–Kier alpha value is -1.40. The molecule has 0 aromatic heterocycles. The topological polar surface area (TPSA) is 69.7 Å². The quantitative estimate of drug-likeness (QED) is 0.319. The first-order chi connectivity index (χ1) is 9.42. The molecule has 0 saturated carbocycles. The van der Waals surface area contributed by atoms with E-state index >= 15 is 0 Å². The molecule has 0 heterocycles. The Balaban J connectivity index is 2.55. The second-order valence-corrected chi connectivity index (χ2v) is 6.11. The smallest absolute Gasteiger partial charge is 0.311 e. The van der Waals surface area contributed by atoms with Crippen molar-refractivity contribution in [3.63, 3.8) is 0 Å². The van der Waals surface area contributed by atoms with Crippen molar-refractivity contribution in [2.45, 2.75) is 32.6 Å². The van der Waals surface area contributed by atoms with Crippen LogP contribution in [-0.4, -0.2) is 27.2 Å². The van der Waals surface area contributed by atoms with Crippen LogP contribution in [-0.2, 0) is 25.5 Å². The lowest BCUT2D eigenvalue weighted by atomic mass is 10.1. The molecule has 5 nitrogen and oxygen atoms in total. The van der Waals surface area contributed by atoms with Gasteiger partial charge in [-0.3, -0.25) is 8.98 Å². The van der Waals surface area contributed by atoms with Crippen molar-refractivity contribution in [3.05, 3.63) is 29.8 Å². The molecule has 0 aliphatic carbocycles. The molecule has 0 radical (unpaired) electrons. The summed E-state index contributed by atoms with van der Waals surface area (Å²) in [4.78, 5) is 11.5. The third-order valence-corrected chi connectivity index (χ3v) is 3.13. The minimum Gasteiger partial charge on any atom is -0.426 e. The van der Waals surface area contributed by atoms with Gasteiger partial charge in [-0.05, 0) is 30.9 Å². The van der Waals surface area contributed by atoms with Gasteiger partial charge in [-0.2, -0.15) is 8.42 Å². The van der Waals surface area contributed by atoms with Gasteiger partial charge >= 0.3 is 5.97 Å². The van der Waals surface area contributed by atoms with Crippen LogP contribution in [0.2, 0.25) is 0 Å². The summed E-state index contributed by atoms with van der Waals surface area (Å²) in [5.74, 6) is 0.276. The van der Waals surface area contributed by atoms with Crippen molar-refractivity contribution in [1.29, 1.82) is 0 Å². The minimum absolute atomic E-state index is 0.121. The zero-order valence-electron chi connectivity index (χ0n) is 11.8. The van der Waals surface area contributed by atoms with Crippen LogP contribution in [0.5, 0.6) is 5.75 Å². The highest BCUT2D eigenvalue weighted by Crippen LogP contribution is 2.20. The number of benzene rings is 1. The predicted molar refractivity (Wildman–Crippen MR) is 76.1 cm³/mol. The Morgan fingerprint density at radius 2 is 1.95 bits per heavy atom. The fourth-order valence-corrected chi connectivity index (χ4v) is 2.08. The maximum atomic E-state index is 11.5. The van der Waals surface area contributed by atoms with Crippen LogP contribution in [0.25, 0.3) is 0 Å². The molecule has 0 amide bonds. The molecule has 112 valence electrons. The molecule has 0 unspecified atom stereocenters. The van der Waals surface area contributed by atoms with Gasteiger partial charge in [0, 0.05) is 6.42 Å². The van der Waals surface area contributed by atoms with Crippen molar-refractivity contribution in [2.75, 3.05) is 12.9 Å². The molecule has 0 aliphatic heterocycles. The predicted octanol–water partition coefficient (Wildman–Crippen LogP) is 2.30. The van der Waals surface area contributed by atoms with Crippen molar-refractivity contribution >= 4 is 16.1 Å². The van der Waals surface area contributed by atoms with Crippen LogP contribution in [0.15, 0.2) is 24.3 Å². The largest absolute Gasteiger partial charge is 0.426 e. The average Bonchev–Trinajstić information content (AvgIpc) is 2.35. The van der Waals surface area contributed by atoms with Crippen LogP contribution >= 0.6 is 0 Å². The second kappa shape index (κ2) is 8.01. The van der Waals surface area contributed by atoms with Crippen LogP contribution in [0, 0.1) is 0 Å². The van der Waals surface area contributed by atoms with Crippen LogP contribution < -0.4 is 4.74 Å². The lowest BCUT2D eigenvalue weighted by Crippen LogP contribution is -2.09. The Morgan fingerprint density at radius 3 is 2.60 bits per heavy atom. The van der Waals surface area contributed by atoms with E-state index in [-0.39, 0.29) is 12.6 Å². The number of para-hydroxylation sites is 1. The van der Waals surface area contributed by atoms with Gasteiger partial charge in [-0.25, -0.2) is 0 Å². The van der Waals surface area contributed by atoms with E-state index in [1.165, 1.54) is 0 Å². The number of rotatable bonds is 8. The molecule has 0 saturated heterocycles. The lowest BCUT2D eigenvalue weighted by molar-refractivity contribution is -0.134. The Labute approximate surface area is 120 Å². The number of hydrogen-bond donors (Lipinski definition) is 0. The summed E-state index contributed by atoms with van der Waals surface area (Å²) >= 11 is 0. The number of ether oxygens (including phenoxy) is 1. The first-order valence-electron chi connectivity index (χ1n) is 6.55. The first-order valence-corrected chi connectivity index (χ1v) is 8.37. The summed E-state index contributed by atoms with van der Waals surface area (Å²) < 4.78 is 31.6. The van der Waals surface area contributed by atoms with E-state index in [0.717, 1.165) is 18.2 Å². The number of carbonyl (C=O) groups is 1. The Morgan fingerprint density at radius 1 is 1.25 bits per heavy atom. The van der Waals surface area contributed by atoms with E-state index in [1.807, 2.05) is 19.1 Å². The van der Waals surface area contributed by atoms with E-state index < -0.39 is 10.1 Å². The molecular weight excluding hydrogens is 280 g/mol. The van der Waals surface area contributed by atoms with E-state index in [1.54, 1.807) is 12.1 Å². The Bertz CT molecular complexity index is 536. The molecule has 1 aromatic carbocycles. The van der Waals surface area contributed by atoms with Gasteiger partial charge in [-0.1, -0.05) is 25.1 Å². The summed E-state index contributed by atoms with van der Waals surface area (Å²) in [6.45, 7) is 2.03. The number of aryl methyl sites for hydroxylation is 1. The van der Waals surface area contributed by atoms with Gasteiger partial charge in [0.1, 0.15) is 5.75 Å². The summed E-state index contributed by atoms with van der Waals surface area (Å²) in [5.41, 5.74) is 0.869. The van der Waals surface area contributed by atoms with Crippen molar-refractivity contribution in [3.8, 4) is 5.75 Å². The molecule has 0 aliphatic rings. The van der Waals surface area contributed by atoms with Crippen molar-refractivity contribution in [2.24, 2.45) is 0 Å². The van der Waals surface area contributed by atoms with E-state index in [9.17, 15) is 13.2 Å².